The fourth-order valence-corrected chi connectivity index (χ4v) is 3.03. The molecule has 1 N–H and O–H groups in total. The van der Waals surface area contributed by atoms with Crippen LogP contribution in [0.15, 0.2) is 60.7 Å². The van der Waals surface area contributed by atoms with Crippen LogP contribution in [-0.4, -0.2) is 14.2 Å². The number of rotatable bonds is 6. The van der Waals surface area contributed by atoms with Crippen molar-refractivity contribution in [1.29, 1.82) is 0 Å². The fourth-order valence-electron chi connectivity index (χ4n) is 3.03. The fraction of sp³-hybridized carbons (Fsp3) is 0.217. The van der Waals surface area contributed by atoms with Crippen molar-refractivity contribution >= 4 is 5.69 Å². The molecule has 0 saturated heterocycles. The zero-order chi connectivity index (χ0) is 18.5. The first-order chi connectivity index (χ1) is 12.6. The van der Waals surface area contributed by atoms with Crippen molar-refractivity contribution in [3.63, 3.8) is 0 Å². The first-order valence-electron chi connectivity index (χ1n) is 8.76. The molecule has 3 rings (SSSR count). The average molecular weight is 347 g/mol. The first kappa shape index (κ1) is 17.9. The van der Waals surface area contributed by atoms with E-state index in [4.69, 9.17) is 9.47 Å². The molecule has 26 heavy (non-hydrogen) atoms. The Kier molecular flexibility index (Phi) is 5.47. The van der Waals surface area contributed by atoms with Crippen LogP contribution in [0.25, 0.3) is 11.1 Å². The van der Waals surface area contributed by atoms with E-state index < -0.39 is 0 Å². The summed E-state index contributed by atoms with van der Waals surface area (Å²) in [5.41, 5.74) is 6.82. The lowest BCUT2D eigenvalue weighted by Crippen LogP contribution is -2.04. The minimum atomic E-state index is 0.449. The highest BCUT2D eigenvalue weighted by atomic mass is 16.5. The van der Waals surface area contributed by atoms with Crippen molar-refractivity contribution in [2.75, 3.05) is 19.5 Å². The summed E-state index contributed by atoms with van der Waals surface area (Å²) in [5.74, 6) is 1.71. The van der Waals surface area contributed by atoms with Crippen LogP contribution in [0, 0.1) is 13.8 Å². The van der Waals surface area contributed by atoms with Crippen molar-refractivity contribution in [3.8, 4) is 22.6 Å². The summed E-state index contributed by atoms with van der Waals surface area (Å²) in [4.78, 5) is 0. The third-order valence-corrected chi connectivity index (χ3v) is 4.55. The molecule has 0 spiro atoms. The van der Waals surface area contributed by atoms with Crippen LogP contribution < -0.4 is 14.8 Å². The summed E-state index contributed by atoms with van der Waals surface area (Å²) >= 11 is 0. The van der Waals surface area contributed by atoms with Crippen molar-refractivity contribution < 1.29 is 9.47 Å². The third-order valence-electron chi connectivity index (χ3n) is 4.55. The quantitative estimate of drug-likeness (QED) is 0.629. The molecule has 0 aliphatic heterocycles. The maximum atomic E-state index is 6.10. The Morgan fingerprint density at radius 2 is 1.58 bits per heavy atom. The van der Waals surface area contributed by atoms with E-state index in [1.165, 1.54) is 16.7 Å². The molecule has 0 heterocycles. The van der Waals surface area contributed by atoms with Gasteiger partial charge >= 0.3 is 0 Å². The highest BCUT2D eigenvalue weighted by molar-refractivity contribution is 5.66. The van der Waals surface area contributed by atoms with Gasteiger partial charge in [-0.1, -0.05) is 42.0 Å². The molecule has 3 heteroatoms. The predicted octanol–water partition coefficient (Wildman–Crippen LogP) is 5.60. The zero-order valence-corrected chi connectivity index (χ0v) is 15.8. The highest BCUT2D eigenvalue weighted by Crippen LogP contribution is 2.30. The molecule has 3 aromatic rings. The Hall–Kier alpha value is -2.94. The number of hydrogen-bond acceptors (Lipinski definition) is 3. The van der Waals surface area contributed by atoms with Crippen LogP contribution in [0.4, 0.5) is 5.69 Å². The van der Waals surface area contributed by atoms with Crippen LogP contribution in [-0.2, 0) is 6.61 Å². The van der Waals surface area contributed by atoms with E-state index in [9.17, 15) is 0 Å². The van der Waals surface area contributed by atoms with Crippen molar-refractivity contribution in [2.45, 2.75) is 20.5 Å². The number of ether oxygens (including phenoxy) is 2. The van der Waals surface area contributed by atoms with Gasteiger partial charge in [-0.05, 0) is 54.8 Å². The van der Waals surface area contributed by atoms with Gasteiger partial charge in [-0.15, -0.1) is 0 Å². The van der Waals surface area contributed by atoms with Crippen LogP contribution >= 0.6 is 0 Å². The number of anilines is 1. The number of nitrogens with one attached hydrogen (secondary N) is 1. The van der Waals surface area contributed by atoms with E-state index in [0.29, 0.717) is 6.61 Å². The molecular weight excluding hydrogens is 322 g/mol. The summed E-state index contributed by atoms with van der Waals surface area (Å²) in [6.07, 6.45) is 0. The molecule has 0 bridgehead atoms. The predicted molar refractivity (Wildman–Crippen MR) is 108 cm³/mol. The molecule has 0 saturated carbocycles. The van der Waals surface area contributed by atoms with E-state index >= 15 is 0 Å². The molecule has 0 aliphatic carbocycles. The van der Waals surface area contributed by atoms with Gasteiger partial charge in [-0.25, -0.2) is 0 Å². The van der Waals surface area contributed by atoms with Crippen molar-refractivity contribution in [1.82, 2.24) is 0 Å². The maximum Gasteiger partial charge on any atom is 0.127 e. The Morgan fingerprint density at radius 1 is 0.846 bits per heavy atom. The summed E-state index contributed by atoms with van der Waals surface area (Å²) in [6.45, 7) is 4.63. The molecule has 3 nitrogen and oxygen atoms in total. The van der Waals surface area contributed by atoms with Gasteiger partial charge in [-0.3, -0.25) is 0 Å². The Bertz CT molecular complexity index is 863. The van der Waals surface area contributed by atoms with Gasteiger partial charge in [0.05, 0.1) is 12.7 Å². The smallest absolute Gasteiger partial charge is 0.127 e. The van der Waals surface area contributed by atoms with E-state index in [1.54, 1.807) is 7.11 Å². The van der Waals surface area contributed by atoms with Crippen LogP contribution in [0.2, 0.25) is 0 Å². The molecule has 0 radical (unpaired) electrons. The summed E-state index contributed by atoms with van der Waals surface area (Å²) < 4.78 is 11.6. The first-order valence-corrected chi connectivity index (χ1v) is 8.76. The minimum Gasteiger partial charge on any atom is -0.496 e. The lowest BCUT2D eigenvalue weighted by Gasteiger charge is -2.16. The molecule has 0 fully saturated rings. The molecule has 0 unspecified atom stereocenters. The van der Waals surface area contributed by atoms with Gasteiger partial charge in [-0.2, -0.15) is 0 Å². The second-order valence-corrected chi connectivity index (χ2v) is 6.37. The Labute approximate surface area is 155 Å². The van der Waals surface area contributed by atoms with Gasteiger partial charge < -0.3 is 14.8 Å². The second kappa shape index (κ2) is 7.96. The molecule has 0 amide bonds. The molecule has 0 aliphatic rings. The number of aryl methyl sites for hydroxylation is 2. The Morgan fingerprint density at radius 3 is 2.23 bits per heavy atom. The summed E-state index contributed by atoms with van der Waals surface area (Å²) in [6, 6.07) is 20.8. The van der Waals surface area contributed by atoms with Crippen LogP contribution in [0.5, 0.6) is 11.5 Å². The lowest BCUT2D eigenvalue weighted by molar-refractivity contribution is 0.295. The average Bonchev–Trinajstić information content (AvgIpc) is 2.67. The van der Waals surface area contributed by atoms with Gasteiger partial charge in [0, 0.05) is 12.7 Å². The third kappa shape index (κ3) is 3.83. The largest absolute Gasteiger partial charge is 0.496 e. The molecule has 3 aromatic carbocycles. The number of hydrogen-bond donors (Lipinski definition) is 1. The Balaban J connectivity index is 1.80. The number of benzene rings is 3. The zero-order valence-electron chi connectivity index (χ0n) is 15.8. The molecular formula is C23H25NO2. The normalized spacial score (nSPS) is 10.5. The summed E-state index contributed by atoms with van der Waals surface area (Å²) in [5, 5.41) is 3.20. The van der Waals surface area contributed by atoms with Crippen LogP contribution in [0.3, 0.4) is 0 Å². The number of methoxy groups -OCH3 is 1. The monoisotopic (exact) mass is 347 g/mol. The molecule has 134 valence electrons. The minimum absolute atomic E-state index is 0.449. The molecule has 0 atom stereocenters. The van der Waals surface area contributed by atoms with Gasteiger partial charge in [0.1, 0.15) is 18.1 Å². The maximum absolute atomic E-state index is 6.10. The molecule has 0 aromatic heterocycles. The highest BCUT2D eigenvalue weighted by Gasteiger charge is 2.10. The van der Waals surface area contributed by atoms with Gasteiger partial charge in [0.15, 0.2) is 0 Å². The van der Waals surface area contributed by atoms with E-state index in [-0.39, 0.29) is 0 Å². The summed E-state index contributed by atoms with van der Waals surface area (Å²) in [7, 11) is 3.58. The van der Waals surface area contributed by atoms with Crippen LogP contribution in [0.1, 0.15) is 16.7 Å². The lowest BCUT2D eigenvalue weighted by atomic mass is 10.0. The van der Waals surface area contributed by atoms with Crippen molar-refractivity contribution in [2.24, 2.45) is 0 Å². The standard InChI is InChI=1S/C23H25NO2/c1-16-8-10-18(11-9-16)19-12-13-22(17(2)14-19)26-15-20-21(24-3)6-5-7-23(20)25-4/h5-14,24H,15H2,1-4H3. The van der Waals surface area contributed by atoms with E-state index in [0.717, 1.165) is 28.3 Å². The van der Waals surface area contributed by atoms with Crippen molar-refractivity contribution in [3.05, 3.63) is 77.4 Å². The topological polar surface area (TPSA) is 30.5 Å². The van der Waals surface area contributed by atoms with Gasteiger partial charge in [0.25, 0.3) is 0 Å². The van der Waals surface area contributed by atoms with E-state index in [2.05, 4.69) is 55.6 Å². The van der Waals surface area contributed by atoms with Gasteiger partial charge in [0.2, 0.25) is 0 Å². The SMILES string of the molecule is CNc1cccc(OC)c1COc1ccc(-c2ccc(C)cc2)cc1C. The second-order valence-electron chi connectivity index (χ2n) is 6.37. The van der Waals surface area contributed by atoms with E-state index in [1.807, 2.05) is 31.3 Å².